The lowest BCUT2D eigenvalue weighted by Gasteiger charge is -2.18. The summed E-state index contributed by atoms with van der Waals surface area (Å²) in [5, 5.41) is 17.5. The molecule has 3 aromatic heterocycles. The summed E-state index contributed by atoms with van der Waals surface area (Å²) in [6.45, 7) is 6.55. The molecule has 0 atom stereocenters. The van der Waals surface area contributed by atoms with Crippen LogP contribution in [-0.2, 0) is 12.0 Å². The third-order valence-electron chi connectivity index (χ3n) is 5.05. The van der Waals surface area contributed by atoms with E-state index in [1.54, 1.807) is 24.3 Å². The van der Waals surface area contributed by atoms with Crippen LogP contribution in [0.15, 0.2) is 48.5 Å². The number of nitrogens with zero attached hydrogens (tertiary/aromatic N) is 7. The summed E-state index contributed by atoms with van der Waals surface area (Å²) >= 11 is 0. The topological polar surface area (TPSA) is 136 Å². The van der Waals surface area contributed by atoms with E-state index in [4.69, 9.17) is 10.7 Å². The van der Waals surface area contributed by atoms with Crippen molar-refractivity contribution in [1.29, 1.82) is 5.26 Å². The molecule has 0 aliphatic heterocycles. The van der Waals surface area contributed by atoms with Gasteiger partial charge >= 0.3 is 0 Å². The quantitative estimate of drug-likeness (QED) is 0.468. The first-order chi connectivity index (χ1) is 15.8. The number of aromatic nitrogens is 6. The number of carbonyl (C=O) groups is 1. The molecule has 0 saturated heterocycles. The van der Waals surface area contributed by atoms with Gasteiger partial charge in [-0.25, -0.2) is 14.6 Å². The first-order valence-electron chi connectivity index (χ1n) is 10.3. The molecule has 0 spiro atoms. The fraction of sp³-hybridized carbons (Fsp3) is 0.208. The molecule has 0 saturated carbocycles. The van der Waals surface area contributed by atoms with Crippen molar-refractivity contribution in [2.24, 2.45) is 0 Å². The van der Waals surface area contributed by atoms with E-state index in [-0.39, 0.29) is 23.6 Å². The van der Waals surface area contributed by atoms with Gasteiger partial charge in [0, 0.05) is 16.7 Å². The van der Waals surface area contributed by atoms with Crippen molar-refractivity contribution < 1.29 is 4.79 Å². The van der Waals surface area contributed by atoms with E-state index in [1.165, 1.54) is 4.68 Å². The molecule has 1 aromatic carbocycles. The summed E-state index contributed by atoms with van der Waals surface area (Å²) in [5.41, 5.74) is 10.2. The fourth-order valence-corrected chi connectivity index (χ4v) is 3.36. The van der Waals surface area contributed by atoms with Crippen molar-refractivity contribution in [3.63, 3.8) is 0 Å². The number of nitriles is 1. The zero-order valence-electron chi connectivity index (χ0n) is 18.5. The van der Waals surface area contributed by atoms with Crippen LogP contribution in [0.25, 0.3) is 22.6 Å². The Kier molecular flexibility index (Phi) is 5.67. The van der Waals surface area contributed by atoms with E-state index in [1.807, 2.05) is 24.3 Å². The van der Waals surface area contributed by atoms with Crippen molar-refractivity contribution >= 4 is 12.2 Å². The van der Waals surface area contributed by atoms with Crippen LogP contribution in [0.3, 0.4) is 0 Å². The van der Waals surface area contributed by atoms with Crippen LogP contribution in [-0.4, -0.2) is 36.2 Å². The van der Waals surface area contributed by atoms with Crippen molar-refractivity contribution in [2.75, 3.05) is 5.73 Å². The van der Waals surface area contributed by atoms with E-state index < -0.39 is 0 Å². The average molecular weight is 438 g/mol. The van der Waals surface area contributed by atoms with E-state index in [2.05, 4.69) is 47.1 Å². The van der Waals surface area contributed by atoms with Crippen LogP contribution in [0.4, 0.5) is 5.95 Å². The monoisotopic (exact) mass is 438 g/mol. The largest absolute Gasteiger partial charge is 0.368 e. The van der Waals surface area contributed by atoms with Gasteiger partial charge in [-0.05, 0) is 30.3 Å². The second-order valence-corrected chi connectivity index (χ2v) is 8.55. The molecule has 4 rings (SSSR count). The Labute approximate surface area is 191 Å². The van der Waals surface area contributed by atoms with Gasteiger partial charge in [0.1, 0.15) is 11.4 Å². The van der Waals surface area contributed by atoms with Gasteiger partial charge in [0.05, 0.1) is 35.3 Å². The lowest BCUT2D eigenvalue weighted by molar-refractivity contribution is 0.111. The molecule has 4 aromatic rings. The number of hydrogen-bond acceptors (Lipinski definition) is 8. The smallest absolute Gasteiger partial charge is 0.221 e. The summed E-state index contributed by atoms with van der Waals surface area (Å²) < 4.78 is 1.49. The van der Waals surface area contributed by atoms with Gasteiger partial charge in [-0.2, -0.15) is 5.26 Å². The van der Waals surface area contributed by atoms with E-state index in [0.29, 0.717) is 34.5 Å². The molecule has 0 amide bonds. The normalized spacial score (nSPS) is 11.2. The van der Waals surface area contributed by atoms with Gasteiger partial charge in [0.25, 0.3) is 0 Å². The number of pyridine rings is 1. The maximum atomic E-state index is 12.0. The molecule has 0 unspecified atom stereocenters. The van der Waals surface area contributed by atoms with E-state index >= 15 is 0 Å². The number of aldehydes is 1. The number of carbonyl (C=O) groups excluding carboxylic acids is 1. The summed E-state index contributed by atoms with van der Waals surface area (Å²) in [5.74, 6) is 0.0239. The number of rotatable bonds is 5. The molecule has 3 heterocycles. The van der Waals surface area contributed by atoms with Crippen LogP contribution in [0, 0.1) is 11.3 Å². The van der Waals surface area contributed by atoms with Gasteiger partial charge < -0.3 is 5.73 Å². The van der Waals surface area contributed by atoms with Crippen molar-refractivity contribution in [1.82, 2.24) is 29.9 Å². The van der Waals surface area contributed by atoms with E-state index in [9.17, 15) is 10.1 Å². The predicted molar refractivity (Wildman–Crippen MR) is 123 cm³/mol. The molecule has 0 radical (unpaired) electrons. The minimum absolute atomic E-state index is 0.0239. The fourth-order valence-electron chi connectivity index (χ4n) is 3.36. The van der Waals surface area contributed by atoms with Crippen molar-refractivity contribution in [2.45, 2.75) is 32.7 Å². The van der Waals surface area contributed by atoms with Gasteiger partial charge in [0.2, 0.25) is 5.95 Å². The van der Waals surface area contributed by atoms with Crippen LogP contribution in [0.2, 0.25) is 0 Å². The first-order valence-corrected chi connectivity index (χ1v) is 10.3. The van der Waals surface area contributed by atoms with Crippen LogP contribution in [0.5, 0.6) is 0 Å². The number of anilines is 1. The summed E-state index contributed by atoms with van der Waals surface area (Å²) in [6, 6.07) is 16.6. The Balaban J connectivity index is 1.72. The highest BCUT2D eigenvalue weighted by Crippen LogP contribution is 2.26. The number of nitrogen functional groups attached to an aromatic ring is 1. The Morgan fingerprint density at radius 2 is 1.82 bits per heavy atom. The highest BCUT2D eigenvalue weighted by Gasteiger charge is 2.19. The van der Waals surface area contributed by atoms with Crippen molar-refractivity contribution in [3.8, 4) is 28.7 Å². The molecule has 164 valence electrons. The SMILES string of the molecule is CC(C)(C)c1cccc(Cn2nnc(-c3cc(-c4cccc(C#N)c4)nc(N)n3)c2C=O)n1. The molecule has 0 bridgehead atoms. The van der Waals surface area contributed by atoms with Gasteiger partial charge in [-0.15, -0.1) is 5.10 Å². The molecular weight excluding hydrogens is 416 g/mol. The third-order valence-corrected chi connectivity index (χ3v) is 5.05. The highest BCUT2D eigenvalue weighted by molar-refractivity contribution is 5.83. The van der Waals surface area contributed by atoms with Gasteiger partial charge in [-0.1, -0.05) is 44.2 Å². The second-order valence-electron chi connectivity index (χ2n) is 8.55. The van der Waals surface area contributed by atoms with Gasteiger partial charge in [0.15, 0.2) is 6.29 Å². The molecule has 0 aliphatic carbocycles. The number of nitrogens with two attached hydrogens (primary N) is 1. The molecular formula is C24H22N8O. The lowest BCUT2D eigenvalue weighted by Crippen LogP contribution is -2.15. The zero-order chi connectivity index (χ0) is 23.6. The number of benzene rings is 1. The lowest BCUT2D eigenvalue weighted by atomic mass is 9.91. The Bertz CT molecular complexity index is 1380. The Morgan fingerprint density at radius 3 is 2.55 bits per heavy atom. The Morgan fingerprint density at radius 1 is 1.06 bits per heavy atom. The van der Waals surface area contributed by atoms with Crippen LogP contribution in [0.1, 0.15) is 48.2 Å². The minimum atomic E-state index is -0.102. The third kappa shape index (κ3) is 4.60. The summed E-state index contributed by atoms with van der Waals surface area (Å²) in [6.07, 6.45) is 0.692. The van der Waals surface area contributed by atoms with Crippen molar-refractivity contribution in [3.05, 3.63) is 71.2 Å². The van der Waals surface area contributed by atoms with Gasteiger partial charge in [-0.3, -0.25) is 9.78 Å². The molecule has 33 heavy (non-hydrogen) atoms. The van der Waals surface area contributed by atoms with Crippen LogP contribution < -0.4 is 5.73 Å². The zero-order valence-corrected chi connectivity index (χ0v) is 18.5. The maximum Gasteiger partial charge on any atom is 0.221 e. The average Bonchev–Trinajstić information content (AvgIpc) is 3.20. The van der Waals surface area contributed by atoms with Crippen LogP contribution >= 0.6 is 0 Å². The molecule has 9 heteroatoms. The number of hydrogen-bond donors (Lipinski definition) is 1. The molecule has 2 N–H and O–H groups in total. The second kappa shape index (κ2) is 8.59. The molecule has 0 aliphatic rings. The standard InChI is InChI=1S/C24H22N8O/c1-24(2,3)21-9-5-8-17(27-21)13-32-20(14-33)22(30-31-32)19-11-18(28-23(26)29-19)16-7-4-6-15(10-16)12-25/h4-11,14H,13H2,1-3H3,(H2,26,28,29). The predicted octanol–water partition coefficient (Wildman–Crippen LogP) is 3.41. The highest BCUT2D eigenvalue weighted by atomic mass is 16.1. The minimum Gasteiger partial charge on any atom is -0.368 e. The van der Waals surface area contributed by atoms with E-state index in [0.717, 1.165) is 11.4 Å². The molecule has 0 fully saturated rings. The summed E-state index contributed by atoms with van der Waals surface area (Å²) in [7, 11) is 0. The maximum absolute atomic E-state index is 12.0. The first kappa shape index (κ1) is 21.8. The molecule has 9 nitrogen and oxygen atoms in total. The Hall–Kier alpha value is -4.45. The summed E-state index contributed by atoms with van der Waals surface area (Å²) in [4.78, 5) is 25.2.